The molecule has 23 heavy (non-hydrogen) atoms. The van der Waals surface area contributed by atoms with Crippen LogP contribution in [0.15, 0.2) is 18.2 Å². The Kier molecular flexibility index (Phi) is 5.51. The van der Waals surface area contributed by atoms with Gasteiger partial charge in [0, 0.05) is 18.2 Å². The lowest BCUT2D eigenvalue weighted by molar-refractivity contribution is -0.132. The topological polar surface area (TPSA) is 72.9 Å². The van der Waals surface area contributed by atoms with Crippen molar-refractivity contribution in [2.75, 3.05) is 32.3 Å². The van der Waals surface area contributed by atoms with E-state index < -0.39 is 9.84 Å². The van der Waals surface area contributed by atoms with E-state index in [0.29, 0.717) is 24.5 Å². The molecule has 0 N–H and O–H groups in total. The van der Waals surface area contributed by atoms with Crippen molar-refractivity contribution in [1.82, 2.24) is 4.90 Å². The van der Waals surface area contributed by atoms with Gasteiger partial charge in [-0.15, -0.1) is 0 Å². The molecule has 128 valence electrons. The highest BCUT2D eigenvalue weighted by atomic mass is 32.2. The molecule has 1 aliphatic rings. The van der Waals surface area contributed by atoms with Gasteiger partial charge in [-0.2, -0.15) is 0 Å². The van der Waals surface area contributed by atoms with Gasteiger partial charge in [0.05, 0.1) is 32.1 Å². The molecule has 1 heterocycles. The fraction of sp³-hybridized carbons (Fsp3) is 0.562. The zero-order chi connectivity index (χ0) is 17.0. The van der Waals surface area contributed by atoms with Gasteiger partial charge in [0.2, 0.25) is 5.91 Å². The first-order valence-electron chi connectivity index (χ1n) is 7.61. The van der Waals surface area contributed by atoms with Gasteiger partial charge >= 0.3 is 0 Å². The van der Waals surface area contributed by atoms with Crippen LogP contribution in [0.1, 0.15) is 18.9 Å². The third kappa shape index (κ3) is 4.16. The van der Waals surface area contributed by atoms with Crippen LogP contribution in [0, 0.1) is 0 Å². The molecule has 1 aromatic carbocycles. The van der Waals surface area contributed by atoms with Gasteiger partial charge in [0.1, 0.15) is 11.5 Å². The molecular weight excluding hydrogens is 318 g/mol. The van der Waals surface area contributed by atoms with E-state index >= 15 is 0 Å². The summed E-state index contributed by atoms with van der Waals surface area (Å²) in [5.74, 6) is 1.39. The first-order chi connectivity index (χ1) is 10.9. The molecule has 1 fully saturated rings. The van der Waals surface area contributed by atoms with E-state index in [1.807, 2.05) is 6.92 Å². The molecule has 0 radical (unpaired) electrons. The van der Waals surface area contributed by atoms with Gasteiger partial charge in [-0.05, 0) is 31.5 Å². The summed E-state index contributed by atoms with van der Waals surface area (Å²) < 4.78 is 33.8. The Bertz CT molecular complexity index is 671. The zero-order valence-electron chi connectivity index (χ0n) is 13.7. The third-order valence-corrected chi connectivity index (χ3v) is 5.89. The summed E-state index contributed by atoms with van der Waals surface area (Å²) in [4.78, 5) is 14.3. The van der Waals surface area contributed by atoms with E-state index in [-0.39, 0.29) is 29.9 Å². The second kappa shape index (κ2) is 7.21. The molecular formula is C16H23NO5S. The first kappa shape index (κ1) is 17.6. The van der Waals surface area contributed by atoms with Crippen LogP contribution >= 0.6 is 0 Å². The number of methoxy groups -OCH3 is 2. The van der Waals surface area contributed by atoms with Crippen LogP contribution in [0.5, 0.6) is 11.5 Å². The predicted molar refractivity (Wildman–Crippen MR) is 87.7 cm³/mol. The summed E-state index contributed by atoms with van der Waals surface area (Å²) in [6, 6.07) is 5.08. The van der Waals surface area contributed by atoms with Crippen LogP contribution in [0.4, 0.5) is 0 Å². The number of benzene rings is 1. The Morgan fingerprint density at radius 2 is 2.04 bits per heavy atom. The summed E-state index contributed by atoms with van der Waals surface area (Å²) in [5.41, 5.74) is 0.733. The number of carbonyl (C=O) groups excluding carboxylic acids is 1. The number of nitrogens with zero attached hydrogens (tertiary/aromatic N) is 1. The van der Waals surface area contributed by atoms with Gasteiger partial charge in [0.15, 0.2) is 9.84 Å². The number of ether oxygens (including phenoxy) is 2. The first-order valence-corrected chi connectivity index (χ1v) is 9.43. The van der Waals surface area contributed by atoms with Crippen molar-refractivity contribution in [3.8, 4) is 11.5 Å². The second-order valence-corrected chi connectivity index (χ2v) is 7.82. The molecule has 0 aromatic heterocycles. The summed E-state index contributed by atoms with van der Waals surface area (Å²) in [6.45, 7) is 2.36. The predicted octanol–water partition coefficient (Wildman–Crippen LogP) is 1.28. The molecule has 0 spiro atoms. The van der Waals surface area contributed by atoms with Gasteiger partial charge in [-0.25, -0.2) is 8.42 Å². The SMILES string of the molecule is CCN(C(=O)Cc1cc(OC)ccc1OC)C1CCS(=O)(=O)C1. The lowest BCUT2D eigenvalue weighted by atomic mass is 10.1. The smallest absolute Gasteiger partial charge is 0.227 e. The van der Waals surface area contributed by atoms with Gasteiger partial charge < -0.3 is 14.4 Å². The minimum atomic E-state index is -3.02. The minimum Gasteiger partial charge on any atom is -0.497 e. The number of carbonyl (C=O) groups is 1. The largest absolute Gasteiger partial charge is 0.497 e. The third-order valence-electron chi connectivity index (χ3n) is 4.14. The monoisotopic (exact) mass is 341 g/mol. The Morgan fingerprint density at radius 1 is 1.30 bits per heavy atom. The standard InChI is InChI=1S/C16H23NO5S/c1-4-17(13-7-8-23(19,20)11-13)16(18)10-12-9-14(21-2)5-6-15(12)22-3/h5-6,9,13H,4,7-8,10-11H2,1-3H3. The van der Waals surface area contributed by atoms with Crippen LogP contribution in [-0.2, 0) is 21.1 Å². The molecule has 1 amide bonds. The number of rotatable bonds is 6. The van der Waals surface area contributed by atoms with Crippen LogP contribution in [-0.4, -0.2) is 57.5 Å². The van der Waals surface area contributed by atoms with Gasteiger partial charge in [-0.3, -0.25) is 4.79 Å². The number of likely N-dealkylation sites (N-methyl/N-ethyl adjacent to an activating group) is 1. The summed E-state index contributed by atoms with van der Waals surface area (Å²) in [6.07, 6.45) is 0.669. The Balaban J connectivity index is 2.16. The van der Waals surface area contributed by atoms with Crippen molar-refractivity contribution in [3.63, 3.8) is 0 Å². The average Bonchev–Trinajstić information content (AvgIpc) is 2.87. The Morgan fingerprint density at radius 3 is 2.57 bits per heavy atom. The van der Waals surface area contributed by atoms with Crippen molar-refractivity contribution in [1.29, 1.82) is 0 Å². The highest BCUT2D eigenvalue weighted by molar-refractivity contribution is 7.91. The van der Waals surface area contributed by atoms with E-state index in [0.717, 1.165) is 5.56 Å². The molecule has 7 heteroatoms. The highest BCUT2D eigenvalue weighted by Crippen LogP contribution is 2.26. The zero-order valence-corrected chi connectivity index (χ0v) is 14.6. The summed E-state index contributed by atoms with van der Waals surface area (Å²) >= 11 is 0. The van der Waals surface area contributed by atoms with E-state index in [4.69, 9.17) is 9.47 Å². The number of amides is 1. The van der Waals surface area contributed by atoms with E-state index in [1.165, 1.54) is 0 Å². The van der Waals surface area contributed by atoms with Crippen molar-refractivity contribution >= 4 is 15.7 Å². The van der Waals surface area contributed by atoms with Crippen LogP contribution in [0.3, 0.4) is 0 Å². The maximum absolute atomic E-state index is 12.6. The number of sulfone groups is 1. The van der Waals surface area contributed by atoms with Crippen molar-refractivity contribution in [2.45, 2.75) is 25.8 Å². The molecule has 1 saturated heterocycles. The average molecular weight is 341 g/mol. The summed E-state index contributed by atoms with van der Waals surface area (Å²) in [5, 5.41) is 0. The van der Waals surface area contributed by atoms with Crippen molar-refractivity contribution in [2.24, 2.45) is 0 Å². The van der Waals surface area contributed by atoms with Crippen LogP contribution < -0.4 is 9.47 Å². The van der Waals surface area contributed by atoms with Crippen LogP contribution in [0.2, 0.25) is 0 Å². The number of hydrogen-bond acceptors (Lipinski definition) is 5. The Hall–Kier alpha value is -1.76. The molecule has 1 aromatic rings. The normalized spacial score (nSPS) is 19.3. The van der Waals surface area contributed by atoms with Crippen LogP contribution in [0.25, 0.3) is 0 Å². The highest BCUT2D eigenvalue weighted by Gasteiger charge is 2.34. The molecule has 0 bridgehead atoms. The number of hydrogen-bond donors (Lipinski definition) is 0. The molecule has 0 saturated carbocycles. The molecule has 1 atom stereocenters. The Labute approximate surface area is 137 Å². The molecule has 6 nitrogen and oxygen atoms in total. The summed E-state index contributed by atoms with van der Waals surface area (Å²) in [7, 11) is 0.0981. The maximum Gasteiger partial charge on any atom is 0.227 e. The minimum absolute atomic E-state index is 0.0574. The van der Waals surface area contributed by atoms with E-state index in [9.17, 15) is 13.2 Å². The van der Waals surface area contributed by atoms with Crippen molar-refractivity contribution in [3.05, 3.63) is 23.8 Å². The molecule has 2 rings (SSSR count). The van der Waals surface area contributed by atoms with E-state index in [2.05, 4.69) is 0 Å². The molecule has 1 unspecified atom stereocenters. The lowest BCUT2D eigenvalue weighted by Crippen LogP contribution is -2.41. The molecule has 0 aliphatic carbocycles. The van der Waals surface area contributed by atoms with E-state index in [1.54, 1.807) is 37.3 Å². The van der Waals surface area contributed by atoms with Crippen molar-refractivity contribution < 1.29 is 22.7 Å². The fourth-order valence-corrected chi connectivity index (χ4v) is 4.67. The lowest BCUT2D eigenvalue weighted by Gasteiger charge is -2.27. The van der Waals surface area contributed by atoms with Gasteiger partial charge in [0.25, 0.3) is 0 Å². The fourth-order valence-electron chi connectivity index (χ4n) is 2.94. The quantitative estimate of drug-likeness (QED) is 0.779. The molecule has 1 aliphatic heterocycles. The maximum atomic E-state index is 12.6. The second-order valence-electron chi connectivity index (χ2n) is 5.59. The van der Waals surface area contributed by atoms with Gasteiger partial charge in [-0.1, -0.05) is 0 Å².